The maximum absolute atomic E-state index is 13.1. The first-order valence-electron chi connectivity index (χ1n) is 8.15. The number of rotatable bonds is 5. The number of nitrogens with two attached hydrogens (primary N) is 1. The summed E-state index contributed by atoms with van der Waals surface area (Å²) in [5.74, 6) is -1.25. The third-order valence-corrected chi connectivity index (χ3v) is 5.34. The molecule has 2 aromatic carbocycles. The molecule has 0 saturated carbocycles. The van der Waals surface area contributed by atoms with Crippen LogP contribution in [0.2, 0.25) is 0 Å². The van der Waals surface area contributed by atoms with Crippen molar-refractivity contribution < 1.29 is 14.5 Å². The van der Waals surface area contributed by atoms with Gasteiger partial charge >= 0.3 is 0 Å². The third kappa shape index (κ3) is 3.72. The van der Waals surface area contributed by atoms with Crippen LogP contribution in [-0.2, 0) is 16.0 Å². The Hall–Kier alpha value is -3.64. The molecule has 9 heteroatoms. The molecule has 1 fully saturated rings. The Labute approximate surface area is 164 Å². The molecule has 0 spiro atoms. The zero-order valence-corrected chi connectivity index (χ0v) is 15.3. The van der Waals surface area contributed by atoms with Crippen molar-refractivity contribution in [3.05, 3.63) is 80.9 Å². The number of carbonyl (C=O) groups is 2. The van der Waals surface area contributed by atoms with Crippen molar-refractivity contribution in [2.45, 2.75) is 11.7 Å². The number of benzene rings is 2. The van der Waals surface area contributed by atoms with Gasteiger partial charge in [0.1, 0.15) is 16.7 Å². The highest BCUT2D eigenvalue weighted by Crippen LogP contribution is 2.41. The zero-order chi connectivity index (χ0) is 20.3. The Morgan fingerprint density at radius 3 is 2.57 bits per heavy atom. The van der Waals surface area contributed by atoms with E-state index in [4.69, 9.17) is 5.73 Å². The molecular formula is C19H14N4O4S. The number of carbonyl (C=O) groups excluding carboxylic acids is 2. The highest BCUT2D eigenvalue weighted by atomic mass is 32.2. The maximum Gasteiger partial charge on any atom is 0.269 e. The Balaban J connectivity index is 2.00. The van der Waals surface area contributed by atoms with E-state index < -0.39 is 16.1 Å². The number of non-ortho nitro benzene ring substituents is 1. The van der Waals surface area contributed by atoms with E-state index in [0.717, 1.165) is 11.8 Å². The number of para-hydroxylation sites is 1. The number of amides is 2. The lowest BCUT2D eigenvalue weighted by molar-refractivity contribution is -0.384. The second-order valence-electron chi connectivity index (χ2n) is 5.90. The van der Waals surface area contributed by atoms with E-state index in [2.05, 4.69) is 0 Å². The minimum absolute atomic E-state index is 0.0709. The maximum atomic E-state index is 13.1. The largest absolute Gasteiger partial charge is 0.365 e. The lowest BCUT2D eigenvalue weighted by Crippen LogP contribution is -2.31. The second kappa shape index (κ2) is 7.94. The zero-order valence-electron chi connectivity index (χ0n) is 14.4. The van der Waals surface area contributed by atoms with Crippen LogP contribution in [0.1, 0.15) is 5.56 Å². The molecular weight excluding hydrogens is 380 g/mol. The van der Waals surface area contributed by atoms with Crippen molar-refractivity contribution in [1.82, 2.24) is 0 Å². The predicted molar refractivity (Wildman–Crippen MR) is 104 cm³/mol. The van der Waals surface area contributed by atoms with Crippen molar-refractivity contribution >= 4 is 35.0 Å². The highest BCUT2D eigenvalue weighted by molar-refractivity contribution is 8.05. The summed E-state index contributed by atoms with van der Waals surface area (Å²) in [5, 5.41) is 19.8. The van der Waals surface area contributed by atoms with E-state index in [1.807, 2.05) is 0 Å². The van der Waals surface area contributed by atoms with Crippen molar-refractivity contribution in [3.63, 3.8) is 0 Å². The van der Waals surface area contributed by atoms with Gasteiger partial charge in [0.2, 0.25) is 5.91 Å². The van der Waals surface area contributed by atoms with Crippen molar-refractivity contribution in [1.29, 1.82) is 5.26 Å². The number of nitro groups is 1. The molecule has 28 heavy (non-hydrogen) atoms. The van der Waals surface area contributed by atoms with E-state index in [0.29, 0.717) is 11.3 Å². The fourth-order valence-electron chi connectivity index (χ4n) is 2.82. The summed E-state index contributed by atoms with van der Waals surface area (Å²) < 4.78 is 0. The van der Waals surface area contributed by atoms with Gasteiger partial charge in [-0.2, -0.15) is 5.26 Å². The van der Waals surface area contributed by atoms with E-state index in [9.17, 15) is 25.0 Å². The summed E-state index contributed by atoms with van der Waals surface area (Å²) in [6, 6.07) is 16.4. The van der Waals surface area contributed by atoms with Crippen molar-refractivity contribution in [2.75, 3.05) is 4.90 Å². The van der Waals surface area contributed by atoms with Crippen LogP contribution < -0.4 is 10.6 Å². The van der Waals surface area contributed by atoms with Gasteiger partial charge in [-0.05, 0) is 24.1 Å². The fraction of sp³-hybridized carbons (Fsp3) is 0.105. The highest BCUT2D eigenvalue weighted by Gasteiger charge is 2.40. The molecule has 1 unspecified atom stereocenters. The number of primary amides is 1. The molecule has 0 bridgehead atoms. The van der Waals surface area contributed by atoms with Crippen LogP contribution in [0.15, 0.2) is 65.2 Å². The first-order chi connectivity index (χ1) is 13.4. The molecule has 1 atom stereocenters. The number of nitriles is 1. The van der Waals surface area contributed by atoms with Gasteiger partial charge in [0.15, 0.2) is 0 Å². The number of nitro benzene ring substituents is 1. The molecule has 0 aromatic heterocycles. The average Bonchev–Trinajstić information content (AvgIpc) is 2.99. The number of anilines is 1. The topological polar surface area (TPSA) is 130 Å². The van der Waals surface area contributed by atoms with Crippen LogP contribution in [-0.4, -0.2) is 22.0 Å². The van der Waals surface area contributed by atoms with Gasteiger partial charge in [-0.25, -0.2) is 0 Å². The van der Waals surface area contributed by atoms with Crippen LogP contribution in [0.5, 0.6) is 0 Å². The standard InChI is InChI=1S/C19H14N4O4S/c20-11-15(17(21)24)19-22(13-6-2-1-3-7-13)18(25)16(28-19)10-12-5-4-8-14(9-12)23(26)27/h1-9,16H,10H2,(H2,21,24). The van der Waals surface area contributed by atoms with E-state index in [1.165, 1.54) is 17.0 Å². The molecule has 1 heterocycles. The van der Waals surface area contributed by atoms with Crippen LogP contribution >= 0.6 is 11.8 Å². The minimum Gasteiger partial charge on any atom is -0.365 e. The lowest BCUT2D eigenvalue weighted by atomic mass is 10.1. The minimum atomic E-state index is -0.922. The second-order valence-corrected chi connectivity index (χ2v) is 7.09. The monoisotopic (exact) mass is 394 g/mol. The number of thioether (sulfide) groups is 1. The number of hydrogen-bond acceptors (Lipinski definition) is 6. The summed E-state index contributed by atoms with van der Waals surface area (Å²) in [5.41, 5.74) is 6.05. The Morgan fingerprint density at radius 2 is 1.96 bits per heavy atom. The number of nitrogens with zero attached hydrogens (tertiary/aromatic N) is 3. The molecule has 8 nitrogen and oxygen atoms in total. The summed E-state index contributed by atoms with van der Waals surface area (Å²) >= 11 is 1.05. The van der Waals surface area contributed by atoms with Gasteiger partial charge in [-0.3, -0.25) is 24.6 Å². The molecule has 0 radical (unpaired) electrons. The summed E-state index contributed by atoms with van der Waals surface area (Å²) in [6.07, 6.45) is 0.204. The predicted octanol–water partition coefficient (Wildman–Crippen LogP) is 2.51. The summed E-state index contributed by atoms with van der Waals surface area (Å²) in [6.45, 7) is 0. The van der Waals surface area contributed by atoms with Gasteiger partial charge in [0.05, 0.1) is 10.2 Å². The molecule has 1 aliphatic rings. The molecule has 1 saturated heterocycles. The number of hydrogen-bond donors (Lipinski definition) is 1. The van der Waals surface area contributed by atoms with E-state index in [1.54, 1.807) is 48.5 Å². The molecule has 2 amide bonds. The van der Waals surface area contributed by atoms with Crippen molar-refractivity contribution in [2.24, 2.45) is 5.73 Å². The first-order valence-corrected chi connectivity index (χ1v) is 9.03. The fourth-order valence-corrected chi connectivity index (χ4v) is 4.14. The normalized spacial score (nSPS) is 17.9. The summed E-state index contributed by atoms with van der Waals surface area (Å²) in [4.78, 5) is 36.5. The molecule has 1 aliphatic heterocycles. The lowest BCUT2D eigenvalue weighted by Gasteiger charge is -2.18. The van der Waals surface area contributed by atoms with Gasteiger partial charge in [0, 0.05) is 17.8 Å². The third-order valence-electron chi connectivity index (χ3n) is 4.08. The van der Waals surface area contributed by atoms with Gasteiger partial charge in [-0.15, -0.1) is 0 Å². The molecule has 2 N–H and O–H groups in total. The quantitative estimate of drug-likeness (QED) is 0.359. The molecule has 3 rings (SSSR count). The van der Waals surface area contributed by atoms with Crippen molar-refractivity contribution in [3.8, 4) is 6.07 Å². The molecule has 2 aromatic rings. The van der Waals surface area contributed by atoms with Crippen LogP contribution in [0.3, 0.4) is 0 Å². The van der Waals surface area contributed by atoms with Gasteiger partial charge in [-0.1, -0.05) is 42.1 Å². The SMILES string of the molecule is N#CC(C(N)=O)=C1SC(Cc2cccc([N+](=O)[O-])c2)C(=O)N1c1ccccc1. The first kappa shape index (κ1) is 19.1. The van der Waals surface area contributed by atoms with Crippen LogP contribution in [0.25, 0.3) is 0 Å². The summed E-state index contributed by atoms with van der Waals surface area (Å²) in [7, 11) is 0. The van der Waals surface area contributed by atoms with Gasteiger partial charge < -0.3 is 5.73 Å². The van der Waals surface area contributed by atoms with E-state index >= 15 is 0 Å². The van der Waals surface area contributed by atoms with Gasteiger partial charge in [0.25, 0.3) is 11.6 Å². The smallest absolute Gasteiger partial charge is 0.269 e. The molecule has 0 aliphatic carbocycles. The van der Waals surface area contributed by atoms with Crippen LogP contribution in [0, 0.1) is 21.4 Å². The Morgan fingerprint density at radius 1 is 1.25 bits per heavy atom. The molecule has 140 valence electrons. The Bertz CT molecular complexity index is 1030. The van der Waals surface area contributed by atoms with E-state index in [-0.39, 0.29) is 28.6 Å². The average molecular weight is 394 g/mol. The van der Waals surface area contributed by atoms with Crippen LogP contribution in [0.4, 0.5) is 11.4 Å². The Kier molecular flexibility index (Phi) is 5.42.